The van der Waals surface area contributed by atoms with Crippen LogP contribution in [-0.4, -0.2) is 18.4 Å². The van der Waals surface area contributed by atoms with Gasteiger partial charge in [-0.25, -0.2) is 4.39 Å². The van der Waals surface area contributed by atoms with Crippen molar-refractivity contribution in [3.63, 3.8) is 0 Å². The van der Waals surface area contributed by atoms with Crippen molar-refractivity contribution in [1.29, 1.82) is 0 Å². The summed E-state index contributed by atoms with van der Waals surface area (Å²) >= 11 is 0. The van der Waals surface area contributed by atoms with Crippen LogP contribution in [0.15, 0.2) is 42.5 Å². The topological polar surface area (TPSA) is 49.4 Å². The first-order valence-corrected chi connectivity index (χ1v) is 8.13. The van der Waals surface area contributed by atoms with Crippen molar-refractivity contribution in [3.8, 4) is 0 Å². The van der Waals surface area contributed by atoms with Gasteiger partial charge in [-0.1, -0.05) is 18.2 Å². The monoisotopic (exact) mass is 324 g/mol. The van der Waals surface area contributed by atoms with Gasteiger partial charge in [-0.2, -0.15) is 0 Å². The lowest BCUT2D eigenvalue weighted by molar-refractivity contribution is -0.119. The molecular formula is C19H17FN2O2. The second kappa shape index (κ2) is 5.74. The number of anilines is 2. The highest BCUT2D eigenvalue weighted by Gasteiger charge is 2.36. The van der Waals surface area contributed by atoms with Gasteiger partial charge in [0, 0.05) is 23.8 Å². The number of carbonyl (C=O) groups is 2. The Labute approximate surface area is 139 Å². The quantitative estimate of drug-likeness (QED) is 0.941. The van der Waals surface area contributed by atoms with E-state index < -0.39 is 11.7 Å². The Bertz CT molecular complexity index is 830. The molecule has 122 valence electrons. The molecule has 2 aliphatic rings. The van der Waals surface area contributed by atoms with E-state index in [0.29, 0.717) is 12.2 Å². The van der Waals surface area contributed by atoms with Crippen LogP contribution in [0, 0.1) is 11.7 Å². The number of halogens is 1. The standard InChI is InChI=1S/C19H17FN2O2/c20-16-4-2-1-3-15(16)18(23)21-14-8-7-12-9-10-22(17(12)11-14)19(24)13-5-6-13/h1-4,7-8,11,13H,5-6,9-10H2,(H,21,23). The molecule has 1 fully saturated rings. The largest absolute Gasteiger partial charge is 0.322 e. The van der Waals surface area contributed by atoms with Crippen LogP contribution in [0.5, 0.6) is 0 Å². The molecule has 5 heteroatoms. The number of nitrogens with one attached hydrogen (secondary N) is 1. The zero-order chi connectivity index (χ0) is 16.7. The summed E-state index contributed by atoms with van der Waals surface area (Å²) in [6, 6.07) is 11.4. The van der Waals surface area contributed by atoms with E-state index in [1.54, 1.807) is 24.3 Å². The van der Waals surface area contributed by atoms with Crippen LogP contribution in [0.4, 0.5) is 15.8 Å². The first kappa shape index (κ1) is 14.9. The molecule has 1 aliphatic heterocycles. The summed E-state index contributed by atoms with van der Waals surface area (Å²) < 4.78 is 13.7. The van der Waals surface area contributed by atoms with Gasteiger partial charge in [0.15, 0.2) is 0 Å². The summed E-state index contributed by atoms with van der Waals surface area (Å²) in [7, 11) is 0. The van der Waals surface area contributed by atoms with Crippen molar-refractivity contribution in [2.24, 2.45) is 5.92 Å². The van der Waals surface area contributed by atoms with E-state index in [0.717, 1.165) is 30.5 Å². The molecule has 1 aliphatic carbocycles. The normalized spacial score (nSPS) is 16.0. The molecule has 0 aromatic heterocycles. The van der Waals surface area contributed by atoms with Crippen molar-refractivity contribution >= 4 is 23.2 Å². The molecule has 0 bridgehead atoms. The van der Waals surface area contributed by atoms with Gasteiger partial charge in [0.1, 0.15) is 5.82 Å². The zero-order valence-electron chi connectivity index (χ0n) is 13.1. The van der Waals surface area contributed by atoms with E-state index in [1.165, 1.54) is 12.1 Å². The number of amides is 2. The van der Waals surface area contributed by atoms with Crippen molar-refractivity contribution in [2.45, 2.75) is 19.3 Å². The van der Waals surface area contributed by atoms with Crippen LogP contribution in [0.1, 0.15) is 28.8 Å². The Morgan fingerprint density at radius 3 is 2.67 bits per heavy atom. The Kier molecular flexibility index (Phi) is 3.56. The van der Waals surface area contributed by atoms with Crippen LogP contribution in [0.2, 0.25) is 0 Å². The van der Waals surface area contributed by atoms with E-state index >= 15 is 0 Å². The zero-order valence-corrected chi connectivity index (χ0v) is 13.1. The van der Waals surface area contributed by atoms with Crippen molar-refractivity contribution in [1.82, 2.24) is 0 Å². The Balaban J connectivity index is 1.57. The molecule has 2 aromatic rings. The average molecular weight is 324 g/mol. The SMILES string of the molecule is O=C(Nc1ccc2c(c1)N(C(=O)C1CC1)CC2)c1ccccc1F. The van der Waals surface area contributed by atoms with Gasteiger partial charge in [0.2, 0.25) is 5.91 Å². The molecule has 24 heavy (non-hydrogen) atoms. The Morgan fingerprint density at radius 2 is 1.92 bits per heavy atom. The summed E-state index contributed by atoms with van der Waals surface area (Å²) in [6.45, 7) is 0.690. The van der Waals surface area contributed by atoms with Gasteiger partial charge in [-0.3, -0.25) is 9.59 Å². The molecule has 2 amide bonds. The van der Waals surface area contributed by atoms with Crippen LogP contribution < -0.4 is 10.2 Å². The van der Waals surface area contributed by atoms with Crippen LogP contribution in [0.3, 0.4) is 0 Å². The molecule has 2 aromatic carbocycles. The van der Waals surface area contributed by atoms with Crippen molar-refractivity contribution < 1.29 is 14.0 Å². The lowest BCUT2D eigenvalue weighted by Gasteiger charge is -2.18. The van der Waals surface area contributed by atoms with E-state index in [9.17, 15) is 14.0 Å². The number of benzene rings is 2. The lowest BCUT2D eigenvalue weighted by atomic mass is 10.1. The molecule has 4 rings (SSSR count). The third-order valence-corrected chi connectivity index (χ3v) is 4.55. The smallest absolute Gasteiger partial charge is 0.258 e. The molecule has 1 N–H and O–H groups in total. The maximum Gasteiger partial charge on any atom is 0.258 e. The van der Waals surface area contributed by atoms with Crippen molar-refractivity contribution in [2.75, 3.05) is 16.8 Å². The maximum atomic E-state index is 13.7. The molecule has 1 heterocycles. The highest BCUT2D eigenvalue weighted by Crippen LogP contribution is 2.37. The highest BCUT2D eigenvalue weighted by atomic mass is 19.1. The first-order chi connectivity index (χ1) is 11.6. The number of fused-ring (bicyclic) bond motifs is 1. The number of nitrogens with zero attached hydrogens (tertiary/aromatic N) is 1. The van der Waals surface area contributed by atoms with E-state index in [1.807, 2.05) is 11.0 Å². The van der Waals surface area contributed by atoms with Gasteiger partial charge in [-0.05, 0) is 49.1 Å². The molecule has 1 saturated carbocycles. The third kappa shape index (κ3) is 2.66. The minimum Gasteiger partial charge on any atom is -0.322 e. The molecule has 0 saturated heterocycles. The minimum absolute atomic E-state index is 0.00362. The third-order valence-electron chi connectivity index (χ3n) is 4.55. The summed E-state index contributed by atoms with van der Waals surface area (Å²) in [5.41, 5.74) is 2.53. The predicted molar refractivity (Wildman–Crippen MR) is 89.6 cm³/mol. The second-order valence-electron chi connectivity index (χ2n) is 6.29. The first-order valence-electron chi connectivity index (χ1n) is 8.13. The van der Waals surface area contributed by atoms with Gasteiger partial charge >= 0.3 is 0 Å². The fourth-order valence-corrected chi connectivity index (χ4v) is 3.08. The summed E-state index contributed by atoms with van der Waals surface area (Å²) in [6.07, 6.45) is 2.76. The summed E-state index contributed by atoms with van der Waals surface area (Å²) in [4.78, 5) is 26.4. The maximum absolute atomic E-state index is 13.7. The average Bonchev–Trinajstić information content (AvgIpc) is 3.34. The lowest BCUT2D eigenvalue weighted by Crippen LogP contribution is -2.30. The van der Waals surface area contributed by atoms with Crippen LogP contribution >= 0.6 is 0 Å². The van der Waals surface area contributed by atoms with Gasteiger partial charge in [-0.15, -0.1) is 0 Å². The molecule has 0 radical (unpaired) electrons. The minimum atomic E-state index is -0.554. The molecule has 0 unspecified atom stereocenters. The molecule has 4 nitrogen and oxygen atoms in total. The fraction of sp³-hybridized carbons (Fsp3) is 0.263. The number of hydrogen-bond acceptors (Lipinski definition) is 2. The predicted octanol–water partition coefficient (Wildman–Crippen LogP) is 3.38. The summed E-state index contributed by atoms with van der Waals surface area (Å²) in [5, 5.41) is 2.72. The Hall–Kier alpha value is -2.69. The molecule has 0 spiro atoms. The van der Waals surface area contributed by atoms with Crippen LogP contribution in [-0.2, 0) is 11.2 Å². The summed E-state index contributed by atoms with van der Waals surface area (Å²) in [5.74, 6) is -0.716. The second-order valence-corrected chi connectivity index (χ2v) is 6.29. The molecule has 0 atom stereocenters. The fourth-order valence-electron chi connectivity index (χ4n) is 3.08. The number of carbonyl (C=O) groups excluding carboxylic acids is 2. The number of rotatable bonds is 3. The Morgan fingerprint density at radius 1 is 1.12 bits per heavy atom. The van der Waals surface area contributed by atoms with Crippen molar-refractivity contribution in [3.05, 3.63) is 59.4 Å². The molecular weight excluding hydrogens is 307 g/mol. The van der Waals surface area contributed by atoms with E-state index in [2.05, 4.69) is 5.32 Å². The number of hydrogen-bond donors (Lipinski definition) is 1. The van der Waals surface area contributed by atoms with Gasteiger partial charge < -0.3 is 10.2 Å². The van der Waals surface area contributed by atoms with Crippen LogP contribution in [0.25, 0.3) is 0 Å². The van der Waals surface area contributed by atoms with E-state index in [-0.39, 0.29) is 17.4 Å². The van der Waals surface area contributed by atoms with Gasteiger partial charge in [0.25, 0.3) is 5.91 Å². The van der Waals surface area contributed by atoms with E-state index in [4.69, 9.17) is 0 Å². The van der Waals surface area contributed by atoms with Gasteiger partial charge in [0.05, 0.1) is 5.56 Å². The highest BCUT2D eigenvalue weighted by molar-refractivity contribution is 6.05.